The van der Waals surface area contributed by atoms with Gasteiger partial charge in [0.15, 0.2) is 10.9 Å². The third-order valence-electron chi connectivity index (χ3n) is 4.15. The Bertz CT molecular complexity index is 1080. The number of aromatic nitrogens is 2. The van der Waals surface area contributed by atoms with Gasteiger partial charge in [-0.3, -0.25) is 14.2 Å². The van der Waals surface area contributed by atoms with Crippen molar-refractivity contribution >= 4 is 23.4 Å². The number of carbonyl (C=O) groups is 1. The van der Waals surface area contributed by atoms with Crippen LogP contribution in [0.25, 0.3) is 0 Å². The van der Waals surface area contributed by atoms with Gasteiger partial charge in [0.05, 0.1) is 5.69 Å². The van der Waals surface area contributed by atoms with E-state index in [0.29, 0.717) is 28.9 Å². The number of ether oxygens (including phenoxy) is 1. The maximum Gasteiger partial charge on any atom is 0.267 e. The summed E-state index contributed by atoms with van der Waals surface area (Å²) in [5, 5.41) is 3.42. The molecule has 0 fully saturated rings. The molecule has 4 rings (SSSR count). The van der Waals surface area contributed by atoms with Gasteiger partial charge in [-0.05, 0) is 36.8 Å². The number of amides is 1. The topological polar surface area (TPSA) is 73.2 Å². The van der Waals surface area contributed by atoms with Crippen LogP contribution in [0.15, 0.2) is 64.7 Å². The van der Waals surface area contributed by atoms with Crippen LogP contribution < -0.4 is 15.6 Å². The van der Waals surface area contributed by atoms with Crippen LogP contribution in [0.5, 0.6) is 11.5 Å². The standard InChI is InChI=1S/C20H17N3O3S/c1-13-5-4-6-14(11-13)26-17-8-3-2-7-16(17)22-18(24)15-12-21-20-23(19(15)25)9-10-27-20/h2-8,11-12H,9-10H2,1H3,(H,22,24). The first-order chi connectivity index (χ1) is 13.1. The van der Waals surface area contributed by atoms with Gasteiger partial charge in [-0.2, -0.15) is 0 Å². The van der Waals surface area contributed by atoms with Crippen LogP contribution in [-0.2, 0) is 6.54 Å². The minimum atomic E-state index is -0.500. The lowest BCUT2D eigenvalue weighted by Crippen LogP contribution is -2.29. The lowest BCUT2D eigenvalue weighted by atomic mass is 10.2. The highest BCUT2D eigenvalue weighted by Crippen LogP contribution is 2.30. The molecular formula is C20H17N3O3S. The summed E-state index contributed by atoms with van der Waals surface area (Å²) in [5.74, 6) is 1.47. The molecular weight excluding hydrogens is 362 g/mol. The molecule has 1 amide bonds. The molecule has 27 heavy (non-hydrogen) atoms. The molecule has 0 saturated carbocycles. The number of para-hydroxylation sites is 2. The summed E-state index contributed by atoms with van der Waals surface area (Å²) in [6, 6.07) is 14.8. The minimum Gasteiger partial charge on any atom is -0.455 e. The monoisotopic (exact) mass is 379 g/mol. The fourth-order valence-electron chi connectivity index (χ4n) is 2.83. The number of rotatable bonds is 4. The summed E-state index contributed by atoms with van der Waals surface area (Å²) >= 11 is 1.51. The Balaban J connectivity index is 1.60. The van der Waals surface area contributed by atoms with Gasteiger partial charge < -0.3 is 10.1 Å². The van der Waals surface area contributed by atoms with Crippen LogP contribution in [-0.4, -0.2) is 21.2 Å². The lowest BCUT2D eigenvalue weighted by Gasteiger charge is -2.12. The highest BCUT2D eigenvalue weighted by atomic mass is 32.2. The number of hydrogen-bond acceptors (Lipinski definition) is 5. The van der Waals surface area contributed by atoms with Gasteiger partial charge in [0.2, 0.25) is 0 Å². The van der Waals surface area contributed by atoms with Crippen LogP contribution in [0.4, 0.5) is 5.69 Å². The number of aryl methyl sites for hydroxylation is 1. The van der Waals surface area contributed by atoms with Crippen molar-refractivity contribution in [3.8, 4) is 11.5 Å². The molecule has 0 radical (unpaired) electrons. The average molecular weight is 379 g/mol. The van der Waals surface area contributed by atoms with Gasteiger partial charge in [-0.15, -0.1) is 0 Å². The van der Waals surface area contributed by atoms with E-state index in [0.717, 1.165) is 11.3 Å². The van der Waals surface area contributed by atoms with E-state index in [1.807, 2.05) is 37.3 Å². The summed E-state index contributed by atoms with van der Waals surface area (Å²) in [6.07, 6.45) is 1.34. The number of hydrogen-bond donors (Lipinski definition) is 1. The van der Waals surface area contributed by atoms with Crippen molar-refractivity contribution in [2.75, 3.05) is 11.1 Å². The molecule has 0 unspecified atom stereocenters. The first-order valence-corrected chi connectivity index (χ1v) is 9.48. The van der Waals surface area contributed by atoms with E-state index < -0.39 is 5.91 Å². The van der Waals surface area contributed by atoms with Gasteiger partial charge in [-0.25, -0.2) is 4.98 Å². The summed E-state index contributed by atoms with van der Waals surface area (Å²) in [4.78, 5) is 29.4. The van der Waals surface area contributed by atoms with Crippen LogP contribution in [0.2, 0.25) is 0 Å². The molecule has 2 heterocycles. The Labute approximate surface area is 160 Å². The van der Waals surface area contributed by atoms with Gasteiger partial charge in [0.1, 0.15) is 11.3 Å². The van der Waals surface area contributed by atoms with E-state index in [2.05, 4.69) is 10.3 Å². The van der Waals surface area contributed by atoms with Crippen molar-refractivity contribution in [1.29, 1.82) is 0 Å². The zero-order chi connectivity index (χ0) is 18.8. The number of carbonyl (C=O) groups excluding carboxylic acids is 1. The maximum atomic E-state index is 12.7. The zero-order valence-corrected chi connectivity index (χ0v) is 15.5. The molecule has 0 atom stereocenters. The van der Waals surface area contributed by atoms with Crippen molar-refractivity contribution in [3.05, 3.63) is 76.2 Å². The van der Waals surface area contributed by atoms with Gasteiger partial charge in [-0.1, -0.05) is 36.0 Å². The van der Waals surface area contributed by atoms with Crippen LogP contribution in [0, 0.1) is 6.92 Å². The number of thioether (sulfide) groups is 1. The predicted molar refractivity (Wildman–Crippen MR) is 105 cm³/mol. The average Bonchev–Trinajstić information content (AvgIpc) is 3.13. The van der Waals surface area contributed by atoms with Crippen LogP contribution >= 0.6 is 11.8 Å². The summed E-state index contributed by atoms with van der Waals surface area (Å²) in [7, 11) is 0. The van der Waals surface area contributed by atoms with E-state index in [1.54, 1.807) is 18.2 Å². The Kier molecular flexibility index (Phi) is 4.68. The molecule has 6 nitrogen and oxygen atoms in total. The molecule has 1 aromatic heterocycles. The first kappa shape index (κ1) is 17.4. The smallest absolute Gasteiger partial charge is 0.267 e. The quantitative estimate of drug-likeness (QED) is 0.700. The van der Waals surface area contributed by atoms with E-state index in [1.165, 1.54) is 22.5 Å². The van der Waals surface area contributed by atoms with Crippen molar-refractivity contribution in [3.63, 3.8) is 0 Å². The second-order valence-corrected chi connectivity index (χ2v) is 7.19. The molecule has 1 aliphatic rings. The second kappa shape index (κ2) is 7.28. The Morgan fingerprint density at radius 3 is 2.93 bits per heavy atom. The third kappa shape index (κ3) is 3.59. The van der Waals surface area contributed by atoms with E-state index in [-0.39, 0.29) is 11.1 Å². The molecule has 0 bridgehead atoms. The normalized spacial score (nSPS) is 12.5. The Morgan fingerprint density at radius 1 is 1.22 bits per heavy atom. The summed E-state index contributed by atoms with van der Waals surface area (Å²) in [6.45, 7) is 2.55. The summed E-state index contributed by atoms with van der Waals surface area (Å²) < 4.78 is 7.45. The van der Waals surface area contributed by atoms with E-state index in [9.17, 15) is 9.59 Å². The fourth-order valence-corrected chi connectivity index (χ4v) is 3.74. The molecule has 1 N–H and O–H groups in total. The first-order valence-electron chi connectivity index (χ1n) is 8.49. The predicted octanol–water partition coefficient (Wildman–Crippen LogP) is 3.70. The van der Waals surface area contributed by atoms with Crippen molar-refractivity contribution in [2.24, 2.45) is 0 Å². The molecule has 0 aliphatic carbocycles. The molecule has 3 aromatic rings. The van der Waals surface area contributed by atoms with Gasteiger partial charge in [0, 0.05) is 18.5 Å². The van der Waals surface area contributed by atoms with Crippen LogP contribution in [0.1, 0.15) is 15.9 Å². The number of anilines is 1. The Hall–Kier alpha value is -3.06. The zero-order valence-electron chi connectivity index (χ0n) is 14.6. The Morgan fingerprint density at radius 2 is 2.07 bits per heavy atom. The van der Waals surface area contributed by atoms with Gasteiger partial charge in [0.25, 0.3) is 11.5 Å². The third-order valence-corrected chi connectivity index (χ3v) is 5.12. The van der Waals surface area contributed by atoms with E-state index in [4.69, 9.17) is 4.74 Å². The van der Waals surface area contributed by atoms with Gasteiger partial charge >= 0.3 is 0 Å². The number of benzene rings is 2. The number of nitrogens with zero attached hydrogens (tertiary/aromatic N) is 2. The molecule has 0 saturated heterocycles. The SMILES string of the molecule is Cc1cccc(Oc2ccccc2NC(=O)c2cnc3n(c2=O)CCS3)c1. The summed E-state index contributed by atoms with van der Waals surface area (Å²) in [5.41, 5.74) is 1.26. The lowest BCUT2D eigenvalue weighted by molar-refractivity contribution is 0.102. The molecule has 136 valence electrons. The number of fused-ring (bicyclic) bond motifs is 1. The highest BCUT2D eigenvalue weighted by Gasteiger charge is 2.20. The van der Waals surface area contributed by atoms with E-state index >= 15 is 0 Å². The molecule has 0 spiro atoms. The highest BCUT2D eigenvalue weighted by molar-refractivity contribution is 7.99. The van der Waals surface area contributed by atoms with Crippen LogP contribution in [0.3, 0.4) is 0 Å². The minimum absolute atomic E-state index is 0.0200. The van der Waals surface area contributed by atoms with Crippen molar-refractivity contribution in [2.45, 2.75) is 18.6 Å². The van der Waals surface area contributed by atoms with Crippen molar-refractivity contribution < 1.29 is 9.53 Å². The largest absolute Gasteiger partial charge is 0.455 e. The maximum absolute atomic E-state index is 12.7. The molecule has 2 aromatic carbocycles. The number of nitrogens with one attached hydrogen (secondary N) is 1. The second-order valence-electron chi connectivity index (χ2n) is 6.13. The fraction of sp³-hybridized carbons (Fsp3) is 0.150. The van der Waals surface area contributed by atoms with Crippen molar-refractivity contribution in [1.82, 2.24) is 9.55 Å². The molecule has 1 aliphatic heterocycles. The molecule has 7 heteroatoms.